The summed E-state index contributed by atoms with van der Waals surface area (Å²) in [6.07, 6.45) is 4.38. The zero-order valence-corrected chi connectivity index (χ0v) is 14.5. The molecule has 6 nitrogen and oxygen atoms in total. The highest BCUT2D eigenvalue weighted by atomic mass is 16.2. The van der Waals surface area contributed by atoms with Crippen molar-refractivity contribution in [3.05, 3.63) is 29.6 Å². The number of nitrogens with one attached hydrogen (secondary N) is 1. The van der Waals surface area contributed by atoms with Crippen molar-refractivity contribution in [3.63, 3.8) is 0 Å². The van der Waals surface area contributed by atoms with Gasteiger partial charge in [0.1, 0.15) is 0 Å². The number of pyridine rings is 1. The Bertz CT molecular complexity index is 590. The molecule has 1 atom stereocenters. The lowest BCUT2D eigenvalue weighted by molar-refractivity contribution is -0.133. The number of piperazine rings is 1. The number of amides is 2. The van der Waals surface area contributed by atoms with Gasteiger partial charge in [0.2, 0.25) is 11.8 Å². The highest BCUT2D eigenvalue weighted by Crippen LogP contribution is 2.19. The van der Waals surface area contributed by atoms with Crippen molar-refractivity contribution in [2.75, 3.05) is 26.2 Å². The van der Waals surface area contributed by atoms with Gasteiger partial charge in [-0.15, -0.1) is 0 Å². The molecular formula is C18H26N4O2. The van der Waals surface area contributed by atoms with Gasteiger partial charge in [-0.05, 0) is 38.3 Å². The van der Waals surface area contributed by atoms with Crippen molar-refractivity contribution in [1.29, 1.82) is 0 Å². The van der Waals surface area contributed by atoms with Gasteiger partial charge in [0, 0.05) is 44.1 Å². The van der Waals surface area contributed by atoms with Crippen LogP contribution in [0.5, 0.6) is 0 Å². The maximum absolute atomic E-state index is 12.4. The van der Waals surface area contributed by atoms with Crippen LogP contribution in [0.1, 0.15) is 31.0 Å². The minimum absolute atomic E-state index is 0.114. The summed E-state index contributed by atoms with van der Waals surface area (Å²) in [4.78, 5) is 32.8. The monoisotopic (exact) mass is 330 g/mol. The van der Waals surface area contributed by atoms with Crippen molar-refractivity contribution >= 4 is 11.8 Å². The Hall–Kier alpha value is -1.95. The second-order valence-electron chi connectivity index (χ2n) is 6.86. The van der Waals surface area contributed by atoms with Crippen LogP contribution in [0.2, 0.25) is 0 Å². The predicted octanol–water partition coefficient (Wildman–Crippen LogP) is 0.744. The Morgan fingerprint density at radius 2 is 1.96 bits per heavy atom. The fourth-order valence-electron chi connectivity index (χ4n) is 2.96. The van der Waals surface area contributed by atoms with E-state index in [1.54, 1.807) is 6.20 Å². The van der Waals surface area contributed by atoms with Gasteiger partial charge in [0.15, 0.2) is 0 Å². The number of nitrogens with zero attached hydrogens (tertiary/aromatic N) is 3. The van der Waals surface area contributed by atoms with E-state index in [0.717, 1.165) is 37.2 Å². The Balaban J connectivity index is 1.46. The van der Waals surface area contributed by atoms with Gasteiger partial charge in [0.05, 0.1) is 12.5 Å². The lowest BCUT2D eigenvalue weighted by Gasteiger charge is -2.37. The van der Waals surface area contributed by atoms with Crippen LogP contribution in [-0.4, -0.2) is 64.9 Å². The molecule has 0 bridgehead atoms. The lowest BCUT2D eigenvalue weighted by atomic mass is 10.1. The number of hydrogen-bond acceptors (Lipinski definition) is 4. The van der Waals surface area contributed by atoms with Gasteiger partial charge >= 0.3 is 0 Å². The van der Waals surface area contributed by atoms with Crippen LogP contribution in [0.15, 0.2) is 18.3 Å². The normalized spacial score (nSPS) is 19.8. The molecule has 2 fully saturated rings. The number of aromatic nitrogens is 1. The maximum atomic E-state index is 12.4. The summed E-state index contributed by atoms with van der Waals surface area (Å²) < 4.78 is 0. The van der Waals surface area contributed by atoms with Gasteiger partial charge in [-0.1, -0.05) is 6.07 Å². The van der Waals surface area contributed by atoms with Crippen LogP contribution in [0, 0.1) is 6.92 Å². The molecule has 1 unspecified atom stereocenters. The summed E-state index contributed by atoms with van der Waals surface area (Å²) >= 11 is 0. The molecule has 2 aliphatic rings. The summed E-state index contributed by atoms with van der Waals surface area (Å²) in [6.45, 7) is 6.74. The molecule has 1 aromatic rings. The minimum atomic E-state index is -0.121. The molecule has 2 amide bonds. The molecule has 2 heterocycles. The molecule has 0 radical (unpaired) electrons. The van der Waals surface area contributed by atoms with E-state index < -0.39 is 0 Å². The summed E-state index contributed by atoms with van der Waals surface area (Å²) in [7, 11) is 0. The molecule has 1 aliphatic heterocycles. The summed E-state index contributed by atoms with van der Waals surface area (Å²) in [5.74, 6) is 0.249. The van der Waals surface area contributed by atoms with E-state index >= 15 is 0 Å². The molecule has 1 saturated carbocycles. The molecule has 0 spiro atoms. The van der Waals surface area contributed by atoms with Crippen molar-refractivity contribution in [1.82, 2.24) is 20.1 Å². The van der Waals surface area contributed by atoms with Crippen LogP contribution in [0.4, 0.5) is 0 Å². The molecule has 3 rings (SSSR count). The lowest BCUT2D eigenvalue weighted by Crippen LogP contribution is -2.55. The van der Waals surface area contributed by atoms with Crippen LogP contribution in [0.25, 0.3) is 0 Å². The summed E-state index contributed by atoms with van der Waals surface area (Å²) in [5.41, 5.74) is 1.91. The van der Waals surface area contributed by atoms with Crippen LogP contribution in [-0.2, 0) is 16.0 Å². The standard InChI is InChI=1S/C18H26N4O2/c1-13-3-4-15(12-19-13)11-17(23)22-9-7-21(8-10-22)14(2)18(24)20-16-5-6-16/h3-4,12,14,16H,5-11H2,1-2H3,(H,20,24). The first-order valence-electron chi connectivity index (χ1n) is 8.76. The number of carbonyl (C=O) groups is 2. The van der Waals surface area contributed by atoms with Gasteiger partial charge in [-0.25, -0.2) is 0 Å². The zero-order chi connectivity index (χ0) is 17.1. The topological polar surface area (TPSA) is 65.5 Å². The SMILES string of the molecule is Cc1ccc(CC(=O)N2CCN(C(C)C(=O)NC3CC3)CC2)cn1. The molecule has 1 aromatic heterocycles. The Labute approximate surface area is 143 Å². The van der Waals surface area contributed by atoms with E-state index in [1.165, 1.54) is 0 Å². The highest BCUT2D eigenvalue weighted by molar-refractivity contribution is 5.82. The largest absolute Gasteiger partial charge is 0.352 e. The first-order chi connectivity index (χ1) is 11.5. The average molecular weight is 330 g/mol. The van der Waals surface area contributed by atoms with E-state index in [2.05, 4.69) is 15.2 Å². The van der Waals surface area contributed by atoms with Gasteiger partial charge in [-0.3, -0.25) is 19.5 Å². The number of rotatable bonds is 5. The van der Waals surface area contributed by atoms with Gasteiger partial charge in [-0.2, -0.15) is 0 Å². The van der Waals surface area contributed by atoms with E-state index in [-0.39, 0.29) is 17.9 Å². The maximum Gasteiger partial charge on any atom is 0.237 e. The van der Waals surface area contributed by atoms with Crippen molar-refractivity contribution < 1.29 is 9.59 Å². The van der Waals surface area contributed by atoms with Crippen LogP contribution < -0.4 is 5.32 Å². The fraction of sp³-hybridized carbons (Fsp3) is 0.611. The van der Waals surface area contributed by atoms with Crippen molar-refractivity contribution in [2.24, 2.45) is 0 Å². The smallest absolute Gasteiger partial charge is 0.237 e. The number of hydrogen-bond donors (Lipinski definition) is 1. The van der Waals surface area contributed by atoms with Crippen LogP contribution >= 0.6 is 0 Å². The second-order valence-corrected chi connectivity index (χ2v) is 6.86. The van der Waals surface area contributed by atoms with E-state index in [0.29, 0.717) is 25.6 Å². The minimum Gasteiger partial charge on any atom is -0.352 e. The number of aryl methyl sites for hydroxylation is 1. The predicted molar refractivity (Wildman–Crippen MR) is 91.5 cm³/mol. The molecule has 1 saturated heterocycles. The molecule has 1 aliphatic carbocycles. The highest BCUT2D eigenvalue weighted by Gasteiger charge is 2.30. The van der Waals surface area contributed by atoms with Crippen LogP contribution in [0.3, 0.4) is 0 Å². The summed E-state index contributed by atoms with van der Waals surface area (Å²) in [5, 5.41) is 3.05. The fourth-order valence-corrected chi connectivity index (χ4v) is 2.96. The van der Waals surface area contributed by atoms with E-state index in [9.17, 15) is 9.59 Å². The molecule has 24 heavy (non-hydrogen) atoms. The molecular weight excluding hydrogens is 304 g/mol. The molecule has 0 aromatic carbocycles. The average Bonchev–Trinajstić information content (AvgIpc) is 3.40. The number of carbonyl (C=O) groups excluding carboxylic acids is 2. The van der Waals surface area contributed by atoms with E-state index in [1.807, 2.05) is 30.9 Å². The Morgan fingerprint density at radius 3 is 2.54 bits per heavy atom. The quantitative estimate of drug-likeness (QED) is 0.865. The molecule has 6 heteroatoms. The van der Waals surface area contributed by atoms with Gasteiger partial charge < -0.3 is 10.2 Å². The summed E-state index contributed by atoms with van der Waals surface area (Å²) in [6, 6.07) is 4.16. The molecule has 130 valence electrons. The third-order valence-corrected chi connectivity index (χ3v) is 4.85. The second kappa shape index (κ2) is 7.30. The van der Waals surface area contributed by atoms with Crippen molar-refractivity contribution in [2.45, 2.75) is 45.2 Å². The van der Waals surface area contributed by atoms with E-state index in [4.69, 9.17) is 0 Å². The van der Waals surface area contributed by atoms with Gasteiger partial charge in [0.25, 0.3) is 0 Å². The first-order valence-corrected chi connectivity index (χ1v) is 8.76. The Kier molecular flexibility index (Phi) is 5.14. The first kappa shape index (κ1) is 16.9. The molecule has 1 N–H and O–H groups in total. The third-order valence-electron chi connectivity index (χ3n) is 4.85. The zero-order valence-electron chi connectivity index (χ0n) is 14.5. The van der Waals surface area contributed by atoms with Crippen molar-refractivity contribution in [3.8, 4) is 0 Å². The Morgan fingerprint density at radius 1 is 1.25 bits per heavy atom. The third kappa shape index (κ3) is 4.32.